The van der Waals surface area contributed by atoms with Gasteiger partial charge in [0.05, 0.1) is 20.0 Å². The fourth-order valence-corrected chi connectivity index (χ4v) is 3.72. The number of thioether (sulfide) groups is 1. The third-order valence-corrected chi connectivity index (χ3v) is 5.58. The molecule has 1 amide bonds. The average molecular weight is 406 g/mol. The van der Waals surface area contributed by atoms with Gasteiger partial charge in [0.15, 0.2) is 17.3 Å². The summed E-state index contributed by atoms with van der Waals surface area (Å²) in [6.45, 7) is 3.74. The molecule has 1 aromatic carbocycles. The van der Waals surface area contributed by atoms with Crippen LogP contribution in [0.1, 0.15) is 26.2 Å². The number of nitrogens with zero attached hydrogens (tertiary/aromatic N) is 4. The summed E-state index contributed by atoms with van der Waals surface area (Å²) in [5, 5.41) is 8.83. The number of nitrogens with two attached hydrogens (primary N) is 1. The first-order chi connectivity index (χ1) is 13.6. The standard InChI is InChI=1S/C19H27N5O3S/c1-4-9-23(11-13-5-6-13)17(25)12-28-19-22-21-18(24(19)20)14-7-8-15(26-2)16(10-14)27-3/h7-8,10,13H,4-6,9,11-12,20H2,1-3H3. The van der Waals surface area contributed by atoms with E-state index in [-0.39, 0.29) is 5.91 Å². The number of methoxy groups -OCH3 is 2. The van der Waals surface area contributed by atoms with Gasteiger partial charge in [-0.1, -0.05) is 18.7 Å². The van der Waals surface area contributed by atoms with Crippen LogP contribution in [-0.4, -0.2) is 58.7 Å². The molecular formula is C19H27N5O3S. The molecule has 9 heteroatoms. The van der Waals surface area contributed by atoms with Gasteiger partial charge in [0.1, 0.15) is 0 Å². The summed E-state index contributed by atoms with van der Waals surface area (Å²) in [7, 11) is 3.16. The van der Waals surface area contributed by atoms with E-state index in [0.29, 0.717) is 34.2 Å². The molecular weight excluding hydrogens is 378 g/mol. The first kappa shape index (κ1) is 20.3. The van der Waals surface area contributed by atoms with Gasteiger partial charge < -0.3 is 20.2 Å². The number of carbonyl (C=O) groups is 1. The van der Waals surface area contributed by atoms with Crippen LogP contribution in [0.5, 0.6) is 11.5 Å². The van der Waals surface area contributed by atoms with E-state index in [2.05, 4.69) is 17.1 Å². The molecule has 152 valence electrons. The molecule has 0 radical (unpaired) electrons. The van der Waals surface area contributed by atoms with Crippen molar-refractivity contribution in [1.82, 2.24) is 19.8 Å². The van der Waals surface area contributed by atoms with E-state index in [9.17, 15) is 4.79 Å². The van der Waals surface area contributed by atoms with Crippen molar-refractivity contribution in [2.24, 2.45) is 5.92 Å². The van der Waals surface area contributed by atoms with Gasteiger partial charge in [0, 0.05) is 18.7 Å². The van der Waals surface area contributed by atoms with Gasteiger partial charge in [-0.25, -0.2) is 4.68 Å². The first-order valence-corrected chi connectivity index (χ1v) is 10.4. The third kappa shape index (κ3) is 4.70. The minimum atomic E-state index is 0.120. The van der Waals surface area contributed by atoms with E-state index in [1.165, 1.54) is 29.3 Å². The number of carbonyl (C=O) groups excluding carboxylic acids is 1. The molecule has 0 bridgehead atoms. The Morgan fingerprint density at radius 2 is 2.04 bits per heavy atom. The molecule has 0 atom stereocenters. The maximum Gasteiger partial charge on any atom is 0.233 e. The van der Waals surface area contributed by atoms with Crippen LogP contribution in [-0.2, 0) is 4.79 Å². The summed E-state index contributed by atoms with van der Waals surface area (Å²) in [5.41, 5.74) is 0.757. The number of ether oxygens (including phenoxy) is 2. The zero-order valence-corrected chi connectivity index (χ0v) is 17.4. The van der Waals surface area contributed by atoms with Crippen LogP contribution >= 0.6 is 11.8 Å². The predicted octanol–water partition coefficient (Wildman–Crippen LogP) is 2.42. The summed E-state index contributed by atoms with van der Waals surface area (Å²) >= 11 is 1.31. The van der Waals surface area contributed by atoms with Crippen LogP contribution in [0.4, 0.5) is 0 Å². The average Bonchev–Trinajstić information content (AvgIpc) is 3.46. The zero-order chi connectivity index (χ0) is 20.1. The largest absolute Gasteiger partial charge is 0.493 e. The van der Waals surface area contributed by atoms with Crippen LogP contribution in [0.2, 0.25) is 0 Å². The van der Waals surface area contributed by atoms with Gasteiger partial charge in [-0.05, 0) is 43.4 Å². The highest BCUT2D eigenvalue weighted by Crippen LogP contribution is 2.32. The van der Waals surface area contributed by atoms with Crippen molar-refractivity contribution in [1.29, 1.82) is 0 Å². The van der Waals surface area contributed by atoms with Gasteiger partial charge in [-0.15, -0.1) is 10.2 Å². The van der Waals surface area contributed by atoms with Crippen LogP contribution < -0.4 is 15.3 Å². The SMILES string of the molecule is CCCN(CC1CC1)C(=O)CSc1nnc(-c2ccc(OC)c(OC)c2)n1N. The quantitative estimate of drug-likeness (QED) is 0.479. The Morgan fingerprint density at radius 3 is 2.68 bits per heavy atom. The van der Waals surface area contributed by atoms with Gasteiger partial charge in [0.25, 0.3) is 0 Å². The second kappa shape index (κ2) is 9.18. The molecule has 2 N–H and O–H groups in total. The van der Waals surface area contributed by atoms with Crippen LogP contribution in [0, 0.1) is 5.92 Å². The molecule has 3 rings (SSSR count). The molecule has 28 heavy (non-hydrogen) atoms. The molecule has 0 saturated heterocycles. The highest BCUT2D eigenvalue weighted by molar-refractivity contribution is 7.99. The molecule has 2 aromatic rings. The first-order valence-electron chi connectivity index (χ1n) is 9.40. The Hall–Kier alpha value is -2.42. The van der Waals surface area contributed by atoms with E-state index < -0.39 is 0 Å². The molecule has 0 aliphatic heterocycles. The Morgan fingerprint density at radius 1 is 1.29 bits per heavy atom. The fourth-order valence-electron chi connectivity index (χ4n) is 2.97. The summed E-state index contributed by atoms with van der Waals surface area (Å²) in [5.74, 6) is 8.99. The molecule has 8 nitrogen and oxygen atoms in total. The molecule has 1 aromatic heterocycles. The van der Waals surface area contributed by atoms with Crippen molar-refractivity contribution in [2.45, 2.75) is 31.3 Å². The number of aromatic nitrogens is 3. The highest BCUT2D eigenvalue weighted by Gasteiger charge is 2.26. The van der Waals surface area contributed by atoms with Gasteiger partial charge in [-0.3, -0.25) is 4.79 Å². The zero-order valence-electron chi connectivity index (χ0n) is 16.6. The summed E-state index contributed by atoms with van der Waals surface area (Å²) in [6, 6.07) is 5.43. The molecule has 1 fully saturated rings. The summed E-state index contributed by atoms with van der Waals surface area (Å²) in [6.07, 6.45) is 3.42. The Bertz CT molecular complexity index is 822. The highest BCUT2D eigenvalue weighted by atomic mass is 32.2. The monoisotopic (exact) mass is 405 g/mol. The van der Waals surface area contributed by atoms with Crippen LogP contribution in [0.3, 0.4) is 0 Å². The van der Waals surface area contributed by atoms with Crippen LogP contribution in [0.25, 0.3) is 11.4 Å². The maximum atomic E-state index is 12.6. The third-order valence-electron chi connectivity index (χ3n) is 4.65. The molecule has 0 spiro atoms. The van der Waals surface area contributed by atoms with Crippen molar-refractivity contribution in [2.75, 3.05) is 38.9 Å². The molecule has 1 saturated carbocycles. The minimum Gasteiger partial charge on any atom is -0.493 e. The van der Waals surface area contributed by atoms with E-state index in [0.717, 1.165) is 25.1 Å². The van der Waals surface area contributed by atoms with Crippen molar-refractivity contribution in [3.05, 3.63) is 18.2 Å². The van der Waals surface area contributed by atoms with E-state index >= 15 is 0 Å². The Labute approximate surface area is 169 Å². The van der Waals surface area contributed by atoms with Crippen molar-refractivity contribution in [3.63, 3.8) is 0 Å². The summed E-state index contributed by atoms with van der Waals surface area (Å²) in [4.78, 5) is 14.5. The topological polar surface area (TPSA) is 95.5 Å². The lowest BCUT2D eigenvalue weighted by atomic mass is 10.2. The second-order valence-electron chi connectivity index (χ2n) is 6.82. The maximum absolute atomic E-state index is 12.6. The second-order valence-corrected chi connectivity index (χ2v) is 7.76. The number of nitrogen functional groups attached to an aromatic ring is 1. The van der Waals surface area contributed by atoms with E-state index in [1.807, 2.05) is 11.0 Å². The number of rotatable bonds is 10. The molecule has 0 unspecified atom stereocenters. The van der Waals surface area contributed by atoms with E-state index in [4.69, 9.17) is 15.3 Å². The molecule has 1 aliphatic rings. The summed E-state index contributed by atoms with van der Waals surface area (Å²) < 4.78 is 12.0. The number of amides is 1. The Kier molecular flexibility index (Phi) is 6.66. The lowest BCUT2D eigenvalue weighted by Gasteiger charge is -2.21. The van der Waals surface area contributed by atoms with Crippen molar-refractivity contribution >= 4 is 17.7 Å². The number of benzene rings is 1. The normalized spacial score (nSPS) is 13.4. The van der Waals surface area contributed by atoms with Gasteiger partial charge in [-0.2, -0.15) is 0 Å². The van der Waals surface area contributed by atoms with Gasteiger partial charge in [0.2, 0.25) is 11.1 Å². The van der Waals surface area contributed by atoms with Crippen molar-refractivity contribution < 1.29 is 14.3 Å². The Balaban J connectivity index is 1.68. The van der Waals surface area contributed by atoms with Crippen LogP contribution in [0.15, 0.2) is 23.4 Å². The van der Waals surface area contributed by atoms with E-state index in [1.54, 1.807) is 26.4 Å². The minimum absolute atomic E-state index is 0.120. The molecule has 1 aliphatic carbocycles. The lowest BCUT2D eigenvalue weighted by molar-refractivity contribution is -0.128. The lowest BCUT2D eigenvalue weighted by Crippen LogP contribution is -2.35. The van der Waals surface area contributed by atoms with Crippen molar-refractivity contribution in [3.8, 4) is 22.9 Å². The number of hydrogen-bond donors (Lipinski definition) is 1. The smallest absolute Gasteiger partial charge is 0.233 e. The fraction of sp³-hybridized carbons (Fsp3) is 0.526. The predicted molar refractivity (Wildman–Crippen MR) is 109 cm³/mol. The molecule has 1 heterocycles. The van der Waals surface area contributed by atoms with Gasteiger partial charge >= 0.3 is 0 Å². The number of hydrogen-bond acceptors (Lipinski definition) is 7.